The lowest BCUT2D eigenvalue weighted by Crippen LogP contribution is -2.35. The van der Waals surface area contributed by atoms with Crippen molar-refractivity contribution in [3.8, 4) is 11.3 Å². The van der Waals surface area contributed by atoms with Gasteiger partial charge in [-0.3, -0.25) is 14.4 Å². The van der Waals surface area contributed by atoms with Crippen molar-refractivity contribution in [1.82, 2.24) is 9.78 Å². The third kappa shape index (κ3) is 4.63. The molecule has 1 heterocycles. The number of carbonyl (C=O) groups excluding carboxylic acids is 2. The van der Waals surface area contributed by atoms with Crippen LogP contribution in [-0.2, 0) is 9.59 Å². The van der Waals surface area contributed by atoms with Gasteiger partial charge in [0.05, 0.1) is 5.69 Å². The molecule has 0 saturated carbocycles. The normalized spacial score (nSPS) is 11.6. The smallest absolute Gasteiger partial charge is 0.291 e. The zero-order chi connectivity index (χ0) is 21.8. The summed E-state index contributed by atoms with van der Waals surface area (Å²) in [5, 5.41) is 9.81. The fraction of sp³-hybridized carbons (Fsp3) is 0.217. The number of hydrogen-bond acceptors (Lipinski definition) is 4. The first-order valence-electron chi connectivity index (χ1n) is 9.61. The Morgan fingerprint density at radius 1 is 0.967 bits per heavy atom. The van der Waals surface area contributed by atoms with Crippen LogP contribution < -0.4 is 16.2 Å². The van der Waals surface area contributed by atoms with Crippen molar-refractivity contribution in [3.63, 3.8) is 0 Å². The number of benzene rings is 2. The standard InChI is InChI=1S/C23H24N4O3/c1-14-10-11-15(2)19(12-14)25-22(29)16(3)27-23(30)21(24-17(4)28)13-20(26-27)18-8-6-5-7-9-18/h5-13,16H,1-4H3,(H,24,28)(H,25,29). The fourth-order valence-electron chi connectivity index (χ4n) is 3.02. The van der Waals surface area contributed by atoms with Crippen molar-refractivity contribution in [1.29, 1.82) is 0 Å². The largest absolute Gasteiger partial charge is 0.324 e. The molecule has 30 heavy (non-hydrogen) atoms. The van der Waals surface area contributed by atoms with Crippen LogP contribution in [0.15, 0.2) is 59.4 Å². The van der Waals surface area contributed by atoms with E-state index in [1.807, 2.05) is 62.4 Å². The molecule has 7 nitrogen and oxygen atoms in total. The summed E-state index contributed by atoms with van der Waals surface area (Å²) in [6, 6.07) is 15.6. The molecular formula is C23H24N4O3. The predicted molar refractivity (Wildman–Crippen MR) is 117 cm³/mol. The van der Waals surface area contributed by atoms with E-state index in [2.05, 4.69) is 15.7 Å². The van der Waals surface area contributed by atoms with Crippen LogP contribution in [0.2, 0.25) is 0 Å². The van der Waals surface area contributed by atoms with Crippen molar-refractivity contribution < 1.29 is 9.59 Å². The van der Waals surface area contributed by atoms with E-state index in [0.717, 1.165) is 21.4 Å². The predicted octanol–water partition coefficient (Wildman–Crippen LogP) is 3.69. The number of nitrogens with zero attached hydrogens (tertiary/aromatic N) is 2. The van der Waals surface area contributed by atoms with E-state index in [-0.39, 0.29) is 17.5 Å². The van der Waals surface area contributed by atoms with Crippen LogP contribution in [-0.4, -0.2) is 21.6 Å². The van der Waals surface area contributed by atoms with E-state index in [0.29, 0.717) is 11.4 Å². The van der Waals surface area contributed by atoms with E-state index in [9.17, 15) is 14.4 Å². The molecule has 1 aromatic heterocycles. The molecule has 1 atom stereocenters. The van der Waals surface area contributed by atoms with Crippen molar-refractivity contribution in [3.05, 3.63) is 76.1 Å². The molecule has 0 aliphatic carbocycles. The summed E-state index contributed by atoms with van der Waals surface area (Å²) >= 11 is 0. The van der Waals surface area contributed by atoms with Crippen LogP contribution in [0.1, 0.15) is 31.0 Å². The molecule has 2 aromatic carbocycles. The Kier molecular flexibility index (Phi) is 6.11. The molecule has 2 amide bonds. The maximum absolute atomic E-state index is 12.9. The highest BCUT2D eigenvalue weighted by Crippen LogP contribution is 2.21. The molecule has 3 aromatic rings. The number of hydrogen-bond donors (Lipinski definition) is 2. The average molecular weight is 404 g/mol. The number of rotatable bonds is 5. The minimum absolute atomic E-state index is 0.0720. The van der Waals surface area contributed by atoms with Gasteiger partial charge in [0.2, 0.25) is 11.8 Å². The second kappa shape index (κ2) is 8.73. The summed E-state index contributed by atoms with van der Waals surface area (Å²) in [4.78, 5) is 37.4. The molecule has 2 N–H and O–H groups in total. The Bertz CT molecular complexity index is 1150. The van der Waals surface area contributed by atoms with Gasteiger partial charge in [0.1, 0.15) is 11.7 Å². The molecule has 0 radical (unpaired) electrons. The second-order valence-corrected chi connectivity index (χ2v) is 7.22. The lowest BCUT2D eigenvalue weighted by molar-refractivity contribution is -0.119. The highest BCUT2D eigenvalue weighted by Gasteiger charge is 2.21. The fourth-order valence-corrected chi connectivity index (χ4v) is 3.02. The molecule has 0 fully saturated rings. The summed E-state index contributed by atoms with van der Waals surface area (Å²) in [7, 11) is 0. The Morgan fingerprint density at radius 3 is 2.33 bits per heavy atom. The Morgan fingerprint density at radius 2 is 1.67 bits per heavy atom. The van der Waals surface area contributed by atoms with Crippen molar-refractivity contribution in [2.24, 2.45) is 0 Å². The first-order valence-corrected chi connectivity index (χ1v) is 9.61. The monoisotopic (exact) mass is 404 g/mol. The number of aromatic nitrogens is 2. The zero-order valence-electron chi connectivity index (χ0n) is 17.4. The van der Waals surface area contributed by atoms with Gasteiger partial charge in [0, 0.05) is 18.2 Å². The highest BCUT2D eigenvalue weighted by molar-refractivity contribution is 5.94. The zero-order valence-corrected chi connectivity index (χ0v) is 17.4. The van der Waals surface area contributed by atoms with E-state index >= 15 is 0 Å². The van der Waals surface area contributed by atoms with Crippen LogP contribution >= 0.6 is 0 Å². The van der Waals surface area contributed by atoms with Gasteiger partial charge in [0.25, 0.3) is 5.56 Å². The van der Waals surface area contributed by atoms with Crippen LogP contribution in [0, 0.1) is 13.8 Å². The molecule has 0 aliphatic heterocycles. The molecule has 0 saturated heterocycles. The molecule has 1 unspecified atom stereocenters. The van der Waals surface area contributed by atoms with E-state index in [1.165, 1.54) is 13.0 Å². The summed E-state index contributed by atoms with van der Waals surface area (Å²) in [5.41, 5.74) is 3.37. The van der Waals surface area contributed by atoms with Gasteiger partial charge in [-0.15, -0.1) is 0 Å². The average Bonchev–Trinajstić information content (AvgIpc) is 2.72. The van der Waals surface area contributed by atoms with Crippen LogP contribution in [0.25, 0.3) is 11.3 Å². The summed E-state index contributed by atoms with van der Waals surface area (Å²) in [6.07, 6.45) is 0. The number of aryl methyl sites for hydroxylation is 2. The van der Waals surface area contributed by atoms with E-state index in [1.54, 1.807) is 6.92 Å². The van der Waals surface area contributed by atoms with E-state index < -0.39 is 11.6 Å². The number of nitrogens with one attached hydrogen (secondary N) is 2. The Hall–Kier alpha value is -3.74. The summed E-state index contributed by atoms with van der Waals surface area (Å²) < 4.78 is 1.11. The Labute approximate surface area is 174 Å². The lowest BCUT2D eigenvalue weighted by Gasteiger charge is -2.18. The van der Waals surface area contributed by atoms with Crippen LogP contribution in [0.5, 0.6) is 0 Å². The maximum Gasteiger partial charge on any atom is 0.291 e. The van der Waals surface area contributed by atoms with Crippen LogP contribution in [0.3, 0.4) is 0 Å². The number of anilines is 2. The van der Waals surface area contributed by atoms with Gasteiger partial charge in [-0.25, -0.2) is 4.68 Å². The van der Waals surface area contributed by atoms with Crippen LogP contribution in [0.4, 0.5) is 11.4 Å². The third-order valence-electron chi connectivity index (χ3n) is 4.71. The second-order valence-electron chi connectivity index (χ2n) is 7.22. The number of carbonyl (C=O) groups is 2. The van der Waals surface area contributed by atoms with Gasteiger partial charge in [-0.1, -0.05) is 42.5 Å². The van der Waals surface area contributed by atoms with Crippen molar-refractivity contribution in [2.75, 3.05) is 10.6 Å². The first kappa shape index (κ1) is 21.0. The summed E-state index contributed by atoms with van der Waals surface area (Å²) in [5.74, 6) is -0.756. The molecule has 0 spiro atoms. The number of amides is 2. The summed E-state index contributed by atoms with van der Waals surface area (Å²) in [6.45, 7) is 6.76. The van der Waals surface area contributed by atoms with Crippen molar-refractivity contribution >= 4 is 23.2 Å². The molecule has 154 valence electrons. The lowest BCUT2D eigenvalue weighted by atomic mass is 10.1. The first-order chi connectivity index (χ1) is 14.3. The molecule has 0 bridgehead atoms. The maximum atomic E-state index is 12.9. The quantitative estimate of drug-likeness (QED) is 0.678. The van der Waals surface area contributed by atoms with Gasteiger partial charge in [-0.2, -0.15) is 5.10 Å². The topological polar surface area (TPSA) is 93.1 Å². The Balaban J connectivity index is 2.02. The van der Waals surface area contributed by atoms with Gasteiger partial charge < -0.3 is 10.6 Å². The minimum Gasteiger partial charge on any atom is -0.324 e. The van der Waals surface area contributed by atoms with Gasteiger partial charge >= 0.3 is 0 Å². The van der Waals surface area contributed by atoms with Gasteiger partial charge in [0.15, 0.2) is 0 Å². The highest BCUT2D eigenvalue weighted by atomic mass is 16.2. The van der Waals surface area contributed by atoms with Crippen molar-refractivity contribution in [2.45, 2.75) is 33.7 Å². The molecule has 3 rings (SSSR count). The van der Waals surface area contributed by atoms with E-state index in [4.69, 9.17) is 0 Å². The molecule has 7 heteroatoms. The molecular weight excluding hydrogens is 380 g/mol. The van der Waals surface area contributed by atoms with Gasteiger partial charge in [-0.05, 0) is 44.0 Å². The molecule has 0 aliphatic rings. The minimum atomic E-state index is -0.895. The third-order valence-corrected chi connectivity index (χ3v) is 4.71. The SMILES string of the molecule is CC(=O)Nc1cc(-c2ccccc2)nn(C(C)C(=O)Nc2cc(C)ccc2C)c1=O.